The number of nitrogens with one attached hydrogen (secondary N) is 2. The van der Waals surface area contributed by atoms with Crippen molar-refractivity contribution in [3.63, 3.8) is 0 Å². The minimum Gasteiger partial charge on any atom is -0.455 e. The van der Waals surface area contributed by atoms with Gasteiger partial charge in [-0.1, -0.05) is 19.8 Å². The predicted octanol–water partition coefficient (Wildman–Crippen LogP) is 3.00. The third-order valence-corrected chi connectivity index (χ3v) is 5.29. The average molecular weight is 400 g/mol. The molecule has 2 atom stereocenters. The van der Waals surface area contributed by atoms with Crippen LogP contribution in [-0.4, -0.2) is 36.3 Å². The van der Waals surface area contributed by atoms with Crippen molar-refractivity contribution in [2.75, 3.05) is 12.4 Å². The van der Waals surface area contributed by atoms with Crippen molar-refractivity contribution >= 4 is 29.7 Å². The lowest BCUT2D eigenvalue weighted by molar-refractivity contribution is -0.145. The van der Waals surface area contributed by atoms with E-state index in [0.29, 0.717) is 5.92 Å². The van der Waals surface area contributed by atoms with Gasteiger partial charge in [0.1, 0.15) is 11.6 Å². The molecule has 0 aliphatic heterocycles. The molecule has 0 heterocycles. The second-order valence-corrected chi connectivity index (χ2v) is 7.43. The summed E-state index contributed by atoms with van der Waals surface area (Å²) < 4.78 is 31.2. The average Bonchev–Trinajstić information content (AvgIpc) is 2.62. The maximum Gasteiger partial charge on any atom is 0.321 e. The molecule has 1 aliphatic rings. The molecule has 3 amide bonds. The number of carbonyl (C=O) groups excluding carboxylic acids is 3. The second-order valence-electron chi connectivity index (χ2n) is 6.41. The third kappa shape index (κ3) is 7.16. The summed E-state index contributed by atoms with van der Waals surface area (Å²) in [7, 11) is 0. The van der Waals surface area contributed by atoms with Gasteiger partial charge in [0.2, 0.25) is 0 Å². The van der Waals surface area contributed by atoms with Crippen molar-refractivity contribution in [3.8, 4) is 0 Å². The number of carbonyl (C=O) groups is 3. The van der Waals surface area contributed by atoms with E-state index in [4.69, 9.17) is 4.74 Å². The molecule has 0 aromatic heterocycles. The summed E-state index contributed by atoms with van der Waals surface area (Å²) in [5.41, 5.74) is 0. The lowest BCUT2D eigenvalue weighted by atomic mass is 9.86. The van der Waals surface area contributed by atoms with Gasteiger partial charge in [-0.05, 0) is 37.0 Å². The first kappa shape index (κ1) is 21.1. The molecule has 1 aromatic rings. The van der Waals surface area contributed by atoms with Crippen molar-refractivity contribution in [3.05, 3.63) is 29.8 Å². The van der Waals surface area contributed by atoms with Crippen LogP contribution in [0.2, 0.25) is 0 Å². The SMILES string of the molecule is C[C@@H]1CCCC[C@H]1NC(=O)NC(=O)COC(=O)CSc1cc(F)ccc1F. The van der Waals surface area contributed by atoms with E-state index in [2.05, 4.69) is 10.6 Å². The Hall–Kier alpha value is -2.16. The van der Waals surface area contributed by atoms with E-state index in [1.165, 1.54) is 0 Å². The first-order valence-corrected chi connectivity index (χ1v) is 9.67. The zero-order chi connectivity index (χ0) is 19.8. The molecular weight excluding hydrogens is 378 g/mol. The van der Waals surface area contributed by atoms with Gasteiger partial charge in [0.05, 0.1) is 5.75 Å². The quantitative estimate of drug-likeness (QED) is 0.567. The third-order valence-electron chi connectivity index (χ3n) is 4.28. The van der Waals surface area contributed by atoms with Crippen LogP contribution in [0.4, 0.5) is 13.6 Å². The number of hydrogen-bond donors (Lipinski definition) is 2. The number of urea groups is 1. The summed E-state index contributed by atoms with van der Waals surface area (Å²) in [5.74, 6) is -2.76. The van der Waals surface area contributed by atoms with Crippen molar-refractivity contribution < 1.29 is 27.9 Å². The van der Waals surface area contributed by atoms with E-state index < -0.39 is 36.1 Å². The fourth-order valence-electron chi connectivity index (χ4n) is 2.81. The van der Waals surface area contributed by atoms with Gasteiger partial charge in [0, 0.05) is 10.9 Å². The second kappa shape index (κ2) is 10.2. The lowest BCUT2D eigenvalue weighted by Gasteiger charge is -2.29. The normalized spacial score (nSPS) is 19.2. The first-order valence-electron chi connectivity index (χ1n) is 8.69. The molecular formula is C18H22F2N2O4S. The molecule has 0 unspecified atom stereocenters. The maximum absolute atomic E-state index is 13.4. The molecule has 27 heavy (non-hydrogen) atoms. The Morgan fingerprint density at radius 1 is 1.22 bits per heavy atom. The van der Waals surface area contributed by atoms with Crippen LogP contribution in [-0.2, 0) is 14.3 Å². The minimum absolute atomic E-state index is 0.0201. The number of hydrogen-bond acceptors (Lipinski definition) is 5. The van der Waals surface area contributed by atoms with Crippen LogP contribution in [0, 0.1) is 17.6 Å². The molecule has 0 saturated heterocycles. The monoisotopic (exact) mass is 400 g/mol. The van der Waals surface area contributed by atoms with Gasteiger partial charge in [0.25, 0.3) is 5.91 Å². The summed E-state index contributed by atoms with van der Waals surface area (Å²) in [6, 6.07) is 2.30. The summed E-state index contributed by atoms with van der Waals surface area (Å²) >= 11 is 0.758. The summed E-state index contributed by atoms with van der Waals surface area (Å²) in [4.78, 5) is 35.1. The van der Waals surface area contributed by atoms with E-state index in [9.17, 15) is 23.2 Å². The topological polar surface area (TPSA) is 84.5 Å². The molecule has 1 aromatic carbocycles. The number of ether oxygens (including phenoxy) is 1. The van der Waals surface area contributed by atoms with Crippen LogP contribution in [0.3, 0.4) is 0 Å². The highest BCUT2D eigenvalue weighted by Crippen LogP contribution is 2.24. The highest BCUT2D eigenvalue weighted by Gasteiger charge is 2.23. The van der Waals surface area contributed by atoms with Gasteiger partial charge in [-0.2, -0.15) is 0 Å². The Kier molecular flexibility index (Phi) is 8.02. The van der Waals surface area contributed by atoms with Gasteiger partial charge < -0.3 is 10.1 Å². The van der Waals surface area contributed by atoms with E-state index in [1.807, 2.05) is 6.92 Å². The Morgan fingerprint density at radius 3 is 2.70 bits per heavy atom. The van der Waals surface area contributed by atoms with Crippen LogP contribution in [0.15, 0.2) is 23.1 Å². The Morgan fingerprint density at radius 2 is 1.96 bits per heavy atom. The summed E-state index contributed by atoms with van der Waals surface area (Å²) in [6.45, 7) is 1.42. The Labute approximate surface area is 160 Å². The highest BCUT2D eigenvalue weighted by atomic mass is 32.2. The molecule has 2 rings (SSSR count). The Bertz CT molecular complexity index is 702. The van der Waals surface area contributed by atoms with Gasteiger partial charge in [-0.15, -0.1) is 11.8 Å². The largest absolute Gasteiger partial charge is 0.455 e. The fraction of sp³-hybridized carbons (Fsp3) is 0.500. The van der Waals surface area contributed by atoms with Crippen molar-refractivity contribution in [2.45, 2.75) is 43.5 Å². The van der Waals surface area contributed by atoms with Gasteiger partial charge in [-0.3, -0.25) is 14.9 Å². The standard InChI is InChI=1S/C18H22F2N2O4S/c1-11-4-2-3-5-14(11)21-18(25)22-16(23)9-26-17(24)10-27-15-8-12(19)6-7-13(15)20/h6-8,11,14H,2-5,9-10H2,1H3,(H2,21,22,23,25)/t11-,14-/m1/s1. The number of esters is 1. The van der Waals surface area contributed by atoms with Crippen LogP contribution >= 0.6 is 11.8 Å². The van der Waals surface area contributed by atoms with Crippen LogP contribution in [0.1, 0.15) is 32.6 Å². The van der Waals surface area contributed by atoms with Crippen molar-refractivity contribution in [1.29, 1.82) is 0 Å². The number of imide groups is 1. The molecule has 1 fully saturated rings. The molecule has 1 saturated carbocycles. The smallest absolute Gasteiger partial charge is 0.321 e. The molecule has 6 nitrogen and oxygen atoms in total. The van der Waals surface area contributed by atoms with E-state index >= 15 is 0 Å². The first-order chi connectivity index (χ1) is 12.8. The van der Waals surface area contributed by atoms with Crippen molar-refractivity contribution in [2.24, 2.45) is 5.92 Å². The molecule has 0 bridgehead atoms. The molecule has 2 N–H and O–H groups in total. The van der Waals surface area contributed by atoms with Crippen LogP contribution < -0.4 is 10.6 Å². The van der Waals surface area contributed by atoms with Gasteiger partial charge in [-0.25, -0.2) is 13.6 Å². The highest BCUT2D eigenvalue weighted by molar-refractivity contribution is 8.00. The maximum atomic E-state index is 13.4. The lowest BCUT2D eigenvalue weighted by Crippen LogP contribution is -2.48. The number of rotatable bonds is 6. The van der Waals surface area contributed by atoms with Crippen LogP contribution in [0.25, 0.3) is 0 Å². The van der Waals surface area contributed by atoms with Crippen LogP contribution in [0.5, 0.6) is 0 Å². The molecule has 9 heteroatoms. The molecule has 0 radical (unpaired) electrons. The fourth-order valence-corrected chi connectivity index (χ4v) is 3.57. The zero-order valence-corrected chi connectivity index (χ0v) is 15.7. The zero-order valence-electron chi connectivity index (χ0n) is 14.9. The summed E-state index contributed by atoms with van der Waals surface area (Å²) in [5, 5.41) is 4.86. The molecule has 0 spiro atoms. The minimum atomic E-state index is -0.778. The van der Waals surface area contributed by atoms with Gasteiger partial charge >= 0.3 is 12.0 Å². The molecule has 148 valence electrons. The van der Waals surface area contributed by atoms with Crippen molar-refractivity contribution in [1.82, 2.24) is 10.6 Å². The number of thioether (sulfide) groups is 1. The van der Waals surface area contributed by atoms with E-state index in [-0.39, 0.29) is 16.7 Å². The summed E-state index contributed by atoms with van der Waals surface area (Å²) in [6.07, 6.45) is 4.06. The van der Waals surface area contributed by atoms with E-state index in [1.54, 1.807) is 0 Å². The van der Waals surface area contributed by atoms with Gasteiger partial charge in [0.15, 0.2) is 6.61 Å². The number of halogens is 2. The Balaban J connectivity index is 1.67. The number of amides is 3. The number of benzene rings is 1. The predicted molar refractivity (Wildman–Crippen MR) is 96.1 cm³/mol. The molecule has 1 aliphatic carbocycles. The van der Waals surface area contributed by atoms with E-state index in [0.717, 1.165) is 55.6 Å².